The van der Waals surface area contributed by atoms with Crippen molar-refractivity contribution < 1.29 is 13.9 Å². The van der Waals surface area contributed by atoms with Gasteiger partial charge in [0.1, 0.15) is 12.4 Å². The van der Waals surface area contributed by atoms with Crippen molar-refractivity contribution in [2.24, 2.45) is 4.99 Å². The fraction of sp³-hybridized carbons (Fsp3) is 0.238. The average Bonchev–Trinajstić information content (AvgIpc) is 2.97. The van der Waals surface area contributed by atoms with Crippen LogP contribution in [0.25, 0.3) is 6.08 Å². The minimum absolute atomic E-state index is 0.0576. The van der Waals surface area contributed by atoms with Gasteiger partial charge in [-0.3, -0.25) is 14.7 Å². The smallest absolute Gasteiger partial charge is 0.266 e. The Labute approximate surface area is 186 Å². The Kier molecular flexibility index (Phi) is 7.38. The highest BCUT2D eigenvalue weighted by molar-refractivity contribution is 9.10. The second-order valence-electron chi connectivity index (χ2n) is 6.11. The van der Waals surface area contributed by atoms with Crippen molar-refractivity contribution in [3.05, 3.63) is 67.7 Å². The zero-order chi connectivity index (χ0) is 21.0. The van der Waals surface area contributed by atoms with Crippen molar-refractivity contribution in [2.45, 2.75) is 20.5 Å². The van der Waals surface area contributed by atoms with Gasteiger partial charge < -0.3 is 4.74 Å². The first-order chi connectivity index (χ1) is 13.9. The predicted molar refractivity (Wildman–Crippen MR) is 121 cm³/mol. The maximum Gasteiger partial charge on any atom is 0.266 e. The Bertz CT molecular complexity index is 973. The van der Waals surface area contributed by atoms with Gasteiger partial charge in [-0.15, -0.1) is 0 Å². The largest absolute Gasteiger partial charge is 0.486 e. The summed E-state index contributed by atoms with van der Waals surface area (Å²) in [4.78, 5) is 19.2. The van der Waals surface area contributed by atoms with E-state index in [0.717, 1.165) is 5.56 Å². The van der Waals surface area contributed by atoms with E-state index in [1.165, 1.54) is 17.8 Å². The van der Waals surface area contributed by atoms with Crippen LogP contribution in [0.3, 0.4) is 0 Å². The molecule has 3 rings (SSSR count). The molecule has 152 valence electrons. The lowest BCUT2D eigenvalue weighted by atomic mass is 10.2. The Morgan fingerprint density at radius 2 is 2.07 bits per heavy atom. The van der Waals surface area contributed by atoms with Crippen LogP contribution >= 0.6 is 39.3 Å². The van der Waals surface area contributed by atoms with E-state index in [4.69, 9.17) is 16.3 Å². The van der Waals surface area contributed by atoms with Crippen LogP contribution < -0.4 is 4.74 Å². The summed E-state index contributed by atoms with van der Waals surface area (Å²) in [5, 5.41) is 1.08. The summed E-state index contributed by atoms with van der Waals surface area (Å²) in [6.45, 7) is 5.09. The molecular weight excluding hydrogens is 479 g/mol. The average molecular weight is 498 g/mol. The third-order valence-corrected chi connectivity index (χ3v) is 6.06. The van der Waals surface area contributed by atoms with E-state index in [9.17, 15) is 9.18 Å². The summed E-state index contributed by atoms with van der Waals surface area (Å²) in [5.41, 5.74) is 1.20. The van der Waals surface area contributed by atoms with E-state index in [-0.39, 0.29) is 18.3 Å². The summed E-state index contributed by atoms with van der Waals surface area (Å²) in [7, 11) is 0. The lowest BCUT2D eigenvalue weighted by molar-refractivity contribution is -0.122. The first-order valence-corrected chi connectivity index (χ1v) is 11.0. The molecule has 1 aliphatic heterocycles. The molecule has 0 atom stereocenters. The Hall–Kier alpha value is -1.83. The van der Waals surface area contributed by atoms with Gasteiger partial charge in [-0.1, -0.05) is 29.8 Å². The van der Waals surface area contributed by atoms with Crippen LogP contribution in [0.5, 0.6) is 5.75 Å². The number of benzene rings is 2. The third kappa shape index (κ3) is 5.02. The SMILES string of the molecule is CCN=C1S/C(=C/c2cc(Cl)c(OCc3ccccc3F)c(Br)c2)C(=O)N1CC. The fourth-order valence-electron chi connectivity index (χ4n) is 2.76. The number of halogens is 3. The lowest BCUT2D eigenvalue weighted by Crippen LogP contribution is -2.28. The van der Waals surface area contributed by atoms with Crippen molar-refractivity contribution in [1.29, 1.82) is 0 Å². The van der Waals surface area contributed by atoms with E-state index >= 15 is 0 Å². The molecule has 1 fully saturated rings. The van der Waals surface area contributed by atoms with Crippen LogP contribution in [-0.4, -0.2) is 29.1 Å². The molecule has 2 aromatic carbocycles. The molecule has 0 N–H and O–H groups in total. The molecule has 1 amide bonds. The van der Waals surface area contributed by atoms with E-state index < -0.39 is 0 Å². The van der Waals surface area contributed by atoms with Gasteiger partial charge in [-0.05, 0) is 71.4 Å². The van der Waals surface area contributed by atoms with E-state index in [1.54, 1.807) is 35.2 Å². The number of likely N-dealkylation sites (N-methyl/N-ethyl adjacent to an activating group) is 1. The minimum atomic E-state index is -0.331. The number of nitrogens with zero attached hydrogens (tertiary/aromatic N) is 2. The third-order valence-electron chi connectivity index (χ3n) is 4.15. The highest BCUT2D eigenvalue weighted by Crippen LogP contribution is 2.38. The van der Waals surface area contributed by atoms with Crippen molar-refractivity contribution in [2.75, 3.05) is 13.1 Å². The molecule has 0 spiro atoms. The molecule has 0 radical (unpaired) electrons. The molecule has 29 heavy (non-hydrogen) atoms. The molecule has 1 aliphatic rings. The van der Waals surface area contributed by atoms with Gasteiger partial charge in [0.2, 0.25) is 0 Å². The Morgan fingerprint density at radius 3 is 2.72 bits per heavy atom. The van der Waals surface area contributed by atoms with E-state index in [1.807, 2.05) is 19.9 Å². The molecule has 8 heteroatoms. The number of rotatable bonds is 6. The van der Waals surface area contributed by atoms with Crippen LogP contribution in [0.2, 0.25) is 5.02 Å². The van der Waals surface area contributed by atoms with Crippen molar-refractivity contribution in [3.63, 3.8) is 0 Å². The molecule has 0 saturated carbocycles. The molecule has 0 unspecified atom stereocenters. The molecule has 2 aromatic rings. The lowest BCUT2D eigenvalue weighted by Gasteiger charge is -2.12. The summed E-state index contributed by atoms with van der Waals surface area (Å²) in [5.74, 6) is 0.0191. The standard InChI is InChI=1S/C21H19BrClFN2O2S/c1-3-25-21-26(4-2)20(27)18(29-21)11-13-9-15(22)19(16(23)10-13)28-12-14-7-5-6-8-17(14)24/h5-11H,3-4,12H2,1-2H3/b18-11+,25-21?. The number of hydrogen-bond donors (Lipinski definition) is 0. The van der Waals surface area contributed by atoms with Gasteiger partial charge >= 0.3 is 0 Å². The molecule has 0 aromatic heterocycles. The van der Waals surface area contributed by atoms with Gasteiger partial charge in [0.05, 0.1) is 14.4 Å². The van der Waals surface area contributed by atoms with Gasteiger partial charge in [-0.2, -0.15) is 0 Å². The van der Waals surface area contributed by atoms with Crippen LogP contribution in [0.4, 0.5) is 4.39 Å². The first-order valence-electron chi connectivity index (χ1n) is 9.05. The molecule has 0 bridgehead atoms. The maximum absolute atomic E-state index is 13.8. The van der Waals surface area contributed by atoms with Crippen LogP contribution in [0.15, 0.2) is 50.8 Å². The summed E-state index contributed by atoms with van der Waals surface area (Å²) < 4.78 is 20.1. The molecular formula is C21H19BrClFN2O2S. The minimum Gasteiger partial charge on any atom is -0.486 e. The van der Waals surface area contributed by atoms with E-state index in [2.05, 4.69) is 20.9 Å². The number of hydrogen-bond acceptors (Lipinski definition) is 4. The number of carbonyl (C=O) groups excluding carboxylic acids is 1. The number of ether oxygens (including phenoxy) is 1. The highest BCUT2D eigenvalue weighted by Gasteiger charge is 2.31. The fourth-order valence-corrected chi connectivity index (χ4v) is 4.85. The number of amides is 1. The molecule has 1 saturated heterocycles. The van der Waals surface area contributed by atoms with Crippen molar-refractivity contribution >= 4 is 56.4 Å². The van der Waals surface area contributed by atoms with Crippen LogP contribution in [-0.2, 0) is 11.4 Å². The van der Waals surface area contributed by atoms with Gasteiger partial charge in [0.15, 0.2) is 10.9 Å². The molecule has 4 nitrogen and oxygen atoms in total. The number of carbonyl (C=O) groups is 1. The normalized spacial score (nSPS) is 16.9. The number of amidine groups is 1. The zero-order valence-electron chi connectivity index (χ0n) is 15.9. The highest BCUT2D eigenvalue weighted by atomic mass is 79.9. The maximum atomic E-state index is 13.8. The summed E-state index contributed by atoms with van der Waals surface area (Å²) in [6.07, 6.45) is 1.78. The first kappa shape index (κ1) is 21.9. The zero-order valence-corrected chi connectivity index (χ0v) is 19.1. The van der Waals surface area contributed by atoms with Gasteiger partial charge in [-0.25, -0.2) is 4.39 Å². The quantitative estimate of drug-likeness (QED) is 0.451. The van der Waals surface area contributed by atoms with Crippen LogP contribution in [0, 0.1) is 5.82 Å². The van der Waals surface area contributed by atoms with Crippen molar-refractivity contribution in [1.82, 2.24) is 4.90 Å². The van der Waals surface area contributed by atoms with E-state index in [0.29, 0.717) is 44.0 Å². The predicted octanol–water partition coefficient (Wildman–Crippen LogP) is 6.13. The van der Waals surface area contributed by atoms with Gasteiger partial charge in [0.25, 0.3) is 5.91 Å². The summed E-state index contributed by atoms with van der Waals surface area (Å²) >= 11 is 11.2. The number of aliphatic imine (C=N–C) groups is 1. The Balaban J connectivity index is 1.82. The monoisotopic (exact) mass is 496 g/mol. The molecule has 1 heterocycles. The topological polar surface area (TPSA) is 41.9 Å². The Morgan fingerprint density at radius 1 is 1.31 bits per heavy atom. The van der Waals surface area contributed by atoms with Crippen LogP contribution in [0.1, 0.15) is 25.0 Å². The van der Waals surface area contributed by atoms with Gasteiger partial charge in [0, 0.05) is 18.7 Å². The second-order valence-corrected chi connectivity index (χ2v) is 8.38. The summed E-state index contributed by atoms with van der Waals surface area (Å²) in [6, 6.07) is 9.95. The van der Waals surface area contributed by atoms with Crippen molar-refractivity contribution in [3.8, 4) is 5.75 Å². The molecule has 0 aliphatic carbocycles. The number of thioether (sulfide) groups is 1. The second kappa shape index (κ2) is 9.78.